The molecule has 100 valence electrons. The van der Waals surface area contributed by atoms with E-state index in [1.807, 2.05) is 0 Å². The molecule has 19 heavy (non-hydrogen) atoms. The van der Waals surface area contributed by atoms with Crippen LogP contribution in [0.2, 0.25) is 5.15 Å². The molecule has 1 aromatic carbocycles. The fourth-order valence-electron chi connectivity index (χ4n) is 1.53. The van der Waals surface area contributed by atoms with Crippen LogP contribution in [0.1, 0.15) is 11.7 Å². The zero-order valence-corrected chi connectivity index (χ0v) is 10.6. The van der Waals surface area contributed by atoms with Gasteiger partial charge in [0, 0.05) is 12.6 Å². The predicted octanol–water partition coefficient (Wildman–Crippen LogP) is 2.00. The molecule has 0 aliphatic heterocycles. The van der Waals surface area contributed by atoms with E-state index in [9.17, 15) is 9.50 Å². The Balaban J connectivity index is 1.99. The summed E-state index contributed by atoms with van der Waals surface area (Å²) < 4.78 is 12.7. The van der Waals surface area contributed by atoms with Crippen molar-refractivity contribution in [2.45, 2.75) is 6.10 Å². The first kappa shape index (κ1) is 13.5. The molecule has 2 aromatic rings. The van der Waals surface area contributed by atoms with Crippen molar-refractivity contribution >= 4 is 23.4 Å². The monoisotopic (exact) mass is 282 g/mol. The predicted molar refractivity (Wildman–Crippen MR) is 71.3 cm³/mol. The molecule has 1 aromatic heterocycles. The Morgan fingerprint density at radius 2 is 2.00 bits per heavy atom. The van der Waals surface area contributed by atoms with Crippen molar-refractivity contribution in [2.75, 3.05) is 17.6 Å². The molecule has 2 rings (SSSR count). The number of nitrogens with two attached hydrogens (primary N) is 1. The minimum Gasteiger partial charge on any atom is -0.387 e. The Bertz CT molecular complexity index is 544. The standard InChI is InChI=1S/C12H12ClFN4O/c13-10-5-11(18-12(15)17-10)16-6-9(19)7-1-3-8(14)4-2-7/h1-5,9,19H,6H2,(H3,15,16,17,18)/t9-/m0/s1. The van der Waals surface area contributed by atoms with Gasteiger partial charge in [0.2, 0.25) is 5.95 Å². The van der Waals surface area contributed by atoms with Crippen molar-refractivity contribution < 1.29 is 9.50 Å². The second-order valence-electron chi connectivity index (χ2n) is 3.88. The SMILES string of the molecule is Nc1nc(Cl)cc(NC[C@H](O)c2ccc(F)cc2)n1. The highest BCUT2D eigenvalue weighted by Crippen LogP contribution is 2.16. The van der Waals surface area contributed by atoms with Gasteiger partial charge < -0.3 is 16.2 Å². The van der Waals surface area contributed by atoms with E-state index in [1.54, 1.807) is 0 Å². The number of hydrogen-bond donors (Lipinski definition) is 3. The molecular formula is C12H12ClFN4O. The zero-order chi connectivity index (χ0) is 13.8. The van der Waals surface area contributed by atoms with E-state index < -0.39 is 6.10 Å². The summed E-state index contributed by atoms with van der Waals surface area (Å²) in [6.07, 6.45) is -0.796. The second-order valence-corrected chi connectivity index (χ2v) is 4.27. The highest BCUT2D eigenvalue weighted by Gasteiger charge is 2.08. The summed E-state index contributed by atoms with van der Waals surface area (Å²) in [7, 11) is 0. The fourth-order valence-corrected chi connectivity index (χ4v) is 1.72. The van der Waals surface area contributed by atoms with Gasteiger partial charge >= 0.3 is 0 Å². The van der Waals surface area contributed by atoms with E-state index in [0.717, 1.165) is 0 Å². The van der Waals surface area contributed by atoms with E-state index in [4.69, 9.17) is 17.3 Å². The van der Waals surface area contributed by atoms with Crippen LogP contribution in [-0.2, 0) is 0 Å². The topological polar surface area (TPSA) is 84.1 Å². The lowest BCUT2D eigenvalue weighted by molar-refractivity contribution is 0.191. The van der Waals surface area contributed by atoms with Crippen molar-refractivity contribution in [2.24, 2.45) is 0 Å². The van der Waals surface area contributed by atoms with E-state index in [-0.39, 0.29) is 23.5 Å². The number of aliphatic hydroxyl groups excluding tert-OH is 1. The number of hydrogen-bond acceptors (Lipinski definition) is 5. The number of aromatic nitrogens is 2. The van der Waals surface area contributed by atoms with Crippen LogP contribution in [0.25, 0.3) is 0 Å². The van der Waals surface area contributed by atoms with Gasteiger partial charge in [-0.2, -0.15) is 4.98 Å². The zero-order valence-electron chi connectivity index (χ0n) is 9.85. The number of aliphatic hydroxyl groups is 1. The number of nitrogens with zero attached hydrogens (tertiary/aromatic N) is 2. The van der Waals surface area contributed by atoms with Crippen LogP contribution in [0, 0.1) is 5.82 Å². The average Bonchev–Trinajstić information content (AvgIpc) is 2.36. The summed E-state index contributed by atoms with van der Waals surface area (Å²) in [4.78, 5) is 7.63. The van der Waals surface area contributed by atoms with Gasteiger partial charge in [-0.25, -0.2) is 9.37 Å². The minimum atomic E-state index is -0.796. The number of benzene rings is 1. The Kier molecular flexibility index (Phi) is 4.13. The molecule has 0 bridgehead atoms. The lowest BCUT2D eigenvalue weighted by Gasteiger charge is -2.12. The number of nitrogens with one attached hydrogen (secondary N) is 1. The molecule has 0 fully saturated rings. The highest BCUT2D eigenvalue weighted by atomic mass is 35.5. The molecule has 0 unspecified atom stereocenters. The van der Waals surface area contributed by atoms with E-state index in [2.05, 4.69) is 15.3 Å². The number of rotatable bonds is 4. The quantitative estimate of drug-likeness (QED) is 0.747. The minimum absolute atomic E-state index is 0.0475. The maximum absolute atomic E-state index is 12.7. The van der Waals surface area contributed by atoms with Crippen molar-refractivity contribution in [1.82, 2.24) is 9.97 Å². The molecule has 0 saturated heterocycles. The maximum atomic E-state index is 12.7. The highest BCUT2D eigenvalue weighted by molar-refractivity contribution is 6.29. The summed E-state index contributed by atoms with van der Waals surface area (Å²) in [6.45, 7) is 0.193. The third kappa shape index (κ3) is 3.77. The lowest BCUT2D eigenvalue weighted by atomic mass is 10.1. The Hall–Kier alpha value is -1.92. The van der Waals surface area contributed by atoms with Crippen LogP contribution in [0.3, 0.4) is 0 Å². The number of nitrogen functional groups attached to an aromatic ring is 1. The van der Waals surface area contributed by atoms with Crippen LogP contribution in [0.4, 0.5) is 16.2 Å². The van der Waals surface area contributed by atoms with Crippen LogP contribution in [-0.4, -0.2) is 21.6 Å². The van der Waals surface area contributed by atoms with Gasteiger partial charge in [-0.3, -0.25) is 0 Å². The van der Waals surface area contributed by atoms with Gasteiger partial charge in [0.25, 0.3) is 0 Å². The number of halogens is 2. The molecule has 1 heterocycles. The molecule has 0 radical (unpaired) electrons. The molecule has 0 aliphatic rings. The Morgan fingerprint density at radius 1 is 1.32 bits per heavy atom. The maximum Gasteiger partial charge on any atom is 0.223 e. The third-order valence-electron chi connectivity index (χ3n) is 2.44. The summed E-state index contributed by atoms with van der Waals surface area (Å²) in [5.74, 6) is 0.115. The molecule has 0 spiro atoms. The largest absolute Gasteiger partial charge is 0.387 e. The molecule has 0 aliphatic carbocycles. The molecule has 1 atom stereocenters. The van der Waals surface area contributed by atoms with E-state index >= 15 is 0 Å². The van der Waals surface area contributed by atoms with Crippen molar-refractivity contribution in [1.29, 1.82) is 0 Å². The van der Waals surface area contributed by atoms with Gasteiger partial charge in [0.05, 0.1) is 6.10 Å². The lowest BCUT2D eigenvalue weighted by Crippen LogP contribution is -2.13. The van der Waals surface area contributed by atoms with Crippen LogP contribution in [0.5, 0.6) is 0 Å². The van der Waals surface area contributed by atoms with Crippen molar-refractivity contribution in [3.63, 3.8) is 0 Å². The molecule has 0 saturated carbocycles. The fraction of sp³-hybridized carbons (Fsp3) is 0.167. The molecule has 4 N–H and O–H groups in total. The Labute approximate surface area is 114 Å². The van der Waals surface area contributed by atoms with Gasteiger partial charge in [0.15, 0.2) is 0 Å². The first-order valence-corrected chi connectivity index (χ1v) is 5.90. The van der Waals surface area contributed by atoms with Crippen molar-refractivity contribution in [3.05, 3.63) is 46.9 Å². The van der Waals surface area contributed by atoms with Gasteiger partial charge in [-0.15, -0.1) is 0 Å². The molecular weight excluding hydrogens is 271 g/mol. The van der Waals surface area contributed by atoms with Crippen LogP contribution in [0.15, 0.2) is 30.3 Å². The molecule has 7 heteroatoms. The summed E-state index contributed by atoms with van der Waals surface area (Å²) in [5, 5.41) is 13.0. The molecule has 5 nitrogen and oxygen atoms in total. The third-order valence-corrected chi connectivity index (χ3v) is 2.64. The summed E-state index contributed by atoms with van der Waals surface area (Å²) >= 11 is 5.72. The smallest absolute Gasteiger partial charge is 0.223 e. The normalized spacial score (nSPS) is 12.2. The van der Waals surface area contributed by atoms with Gasteiger partial charge in [-0.05, 0) is 17.7 Å². The number of anilines is 2. The average molecular weight is 283 g/mol. The first-order valence-electron chi connectivity index (χ1n) is 5.52. The first-order chi connectivity index (χ1) is 9.04. The molecule has 0 amide bonds. The van der Waals surface area contributed by atoms with Crippen molar-refractivity contribution in [3.8, 4) is 0 Å². The second kappa shape index (κ2) is 5.81. The van der Waals surface area contributed by atoms with Crippen LogP contribution >= 0.6 is 11.6 Å². The van der Waals surface area contributed by atoms with E-state index in [1.165, 1.54) is 30.3 Å². The van der Waals surface area contributed by atoms with Gasteiger partial charge in [-0.1, -0.05) is 23.7 Å². The van der Waals surface area contributed by atoms with Crippen LogP contribution < -0.4 is 11.1 Å². The van der Waals surface area contributed by atoms with Gasteiger partial charge in [0.1, 0.15) is 16.8 Å². The van der Waals surface area contributed by atoms with E-state index in [0.29, 0.717) is 11.4 Å². The Morgan fingerprint density at radius 3 is 2.63 bits per heavy atom. The summed E-state index contributed by atoms with van der Waals surface area (Å²) in [6, 6.07) is 7.11. The summed E-state index contributed by atoms with van der Waals surface area (Å²) in [5.41, 5.74) is 6.04.